The van der Waals surface area contributed by atoms with E-state index in [1.54, 1.807) is 24.5 Å². The smallest absolute Gasteiger partial charge is 0.259 e. The molecule has 21 heavy (non-hydrogen) atoms. The molecule has 0 aliphatic carbocycles. The summed E-state index contributed by atoms with van der Waals surface area (Å²) in [7, 11) is 0. The van der Waals surface area contributed by atoms with Crippen LogP contribution >= 0.6 is 11.3 Å². The molecule has 104 valence electrons. The predicted molar refractivity (Wildman–Crippen MR) is 80.1 cm³/mol. The fourth-order valence-corrected chi connectivity index (χ4v) is 2.40. The van der Waals surface area contributed by atoms with Gasteiger partial charge in [-0.1, -0.05) is 11.3 Å². The second-order valence-electron chi connectivity index (χ2n) is 4.29. The number of aromatic nitrogens is 4. The van der Waals surface area contributed by atoms with E-state index in [9.17, 15) is 4.79 Å². The zero-order valence-corrected chi connectivity index (χ0v) is 12.0. The molecule has 0 aromatic carbocycles. The summed E-state index contributed by atoms with van der Waals surface area (Å²) >= 11 is 1.31. The summed E-state index contributed by atoms with van der Waals surface area (Å²) in [5.41, 5.74) is 2.27. The average molecular weight is 297 g/mol. The third-order valence-electron chi connectivity index (χ3n) is 2.75. The number of anilines is 1. The molecule has 0 atom stereocenters. The minimum Gasteiger partial charge on any atom is -0.296 e. The quantitative estimate of drug-likeness (QED) is 0.803. The summed E-state index contributed by atoms with van der Waals surface area (Å²) in [6, 6.07) is 7.20. The zero-order chi connectivity index (χ0) is 14.7. The summed E-state index contributed by atoms with van der Waals surface area (Å²) in [5, 5.41) is 11.9. The van der Waals surface area contributed by atoms with E-state index in [2.05, 4.69) is 25.5 Å². The minimum atomic E-state index is -0.250. The number of nitrogens with zero attached hydrogens (tertiary/aromatic N) is 4. The molecule has 3 rings (SSSR count). The molecular weight excluding hydrogens is 286 g/mol. The van der Waals surface area contributed by atoms with Gasteiger partial charge < -0.3 is 0 Å². The number of hydrogen-bond donors (Lipinski definition) is 1. The van der Waals surface area contributed by atoms with Gasteiger partial charge in [0.25, 0.3) is 5.91 Å². The Kier molecular flexibility index (Phi) is 3.65. The van der Waals surface area contributed by atoms with Crippen LogP contribution in [0.5, 0.6) is 0 Å². The van der Waals surface area contributed by atoms with Crippen LogP contribution in [0.25, 0.3) is 10.6 Å². The van der Waals surface area contributed by atoms with Crippen molar-refractivity contribution in [2.24, 2.45) is 0 Å². The van der Waals surface area contributed by atoms with Crippen molar-refractivity contribution >= 4 is 22.4 Å². The number of hydrogen-bond acceptors (Lipinski definition) is 6. The van der Waals surface area contributed by atoms with Crippen LogP contribution in [0.4, 0.5) is 5.13 Å². The van der Waals surface area contributed by atoms with Gasteiger partial charge in [0.15, 0.2) is 0 Å². The SMILES string of the molecule is Cc1ccc(C(=O)Nc2nnc(-c3ccncc3)s2)cn1. The molecule has 0 radical (unpaired) electrons. The number of aryl methyl sites for hydroxylation is 1. The molecule has 3 heterocycles. The van der Waals surface area contributed by atoms with Gasteiger partial charge in [0, 0.05) is 29.8 Å². The van der Waals surface area contributed by atoms with Crippen LogP contribution in [0.2, 0.25) is 0 Å². The van der Waals surface area contributed by atoms with Crippen molar-refractivity contribution < 1.29 is 4.79 Å². The normalized spacial score (nSPS) is 10.3. The van der Waals surface area contributed by atoms with Crippen molar-refractivity contribution in [1.82, 2.24) is 20.2 Å². The van der Waals surface area contributed by atoms with E-state index in [0.29, 0.717) is 10.7 Å². The van der Waals surface area contributed by atoms with Gasteiger partial charge in [-0.05, 0) is 31.2 Å². The van der Waals surface area contributed by atoms with E-state index in [1.165, 1.54) is 17.5 Å². The Morgan fingerprint density at radius 3 is 2.67 bits per heavy atom. The number of nitrogens with one attached hydrogen (secondary N) is 1. The lowest BCUT2D eigenvalue weighted by atomic mass is 10.2. The number of carbonyl (C=O) groups excluding carboxylic acids is 1. The van der Waals surface area contributed by atoms with Crippen LogP contribution < -0.4 is 5.32 Å². The van der Waals surface area contributed by atoms with E-state index >= 15 is 0 Å². The molecule has 0 aliphatic heterocycles. The van der Waals surface area contributed by atoms with Crippen molar-refractivity contribution in [2.45, 2.75) is 6.92 Å². The van der Waals surface area contributed by atoms with Crippen LogP contribution in [0, 0.1) is 6.92 Å². The van der Waals surface area contributed by atoms with E-state index in [-0.39, 0.29) is 5.91 Å². The molecule has 1 amide bonds. The molecule has 0 fully saturated rings. The zero-order valence-electron chi connectivity index (χ0n) is 11.1. The van der Waals surface area contributed by atoms with Gasteiger partial charge >= 0.3 is 0 Å². The van der Waals surface area contributed by atoms with E-state index in [4.69, 9.17) is 0 Å². The largest absolute Gasteiger partial charge is 0.296 e. The Morgan fingerprint density at radius 2 is 1.95 bits per heavy atom. The minimum absolute atomic E-state index is 0.250. The van der Waals surface area contributed by atoms with Crippen molar-refractivity contribution in [2.75, 3.05) is 5.32 Å². The topological polar surface area (TPSA) is 80.7 Å². The van der Waals surface area contributed by atoms with E-state index in [0.717, 1.165) is 16.3 Å². The maximum absolute atomic E-state index is 12.0. The highest BCUT2D eigenvalue weighted by Crippen LogP contribution is 2.25. The van der Waals surface area contributed by atoms with Gasteiger partial charge in [-0.2, -0.15) is 0 Å². The Hall–Kier alpha value is -2.67. The van der Waals surface area contributed by atoms with Crippen LogP contribution in [0.3, 0.4) is 0 Å². The molecule has 6 nitrogen and oxygen atoms in total. The summed E-state index contributed by atoms with van der Waals surface area (Å²) in [5.74, 6) is -0.250. The molecular formula is C14H11N5OS. The van der Waals surface area contributed by atoms with Crippen molar-refractivity contribution in [1.29, 1.82) is 0 Å². The maximum Gasteiger partial charge on any atom is 0.259 e. The number of carbonyl (C=O) groups is 1. The number of rotatable bonds is 3. The average Bonchev–Trinajstić information content (AvgIpc) is 2.97. The van der Waals surface area contributed by atoms with Gasteiger partial charge in [-0.25, -0.2) is 0 Å². The van der Waals surface area contributed by atoms with Crippen LogP contribution in [-0.4, -0.2) is 26.1 Å². The Bertz CT molecular complexity index is 755. The number of pyridine rings is 2. The van der Waals surface area contributed by atoms with Crippen LogP contribution in [-0.2, 0) is 0 Å². The van der Waals surface area contributed by atoms with Crippen molar-refractivity contribution in [3.63, 3.8) is 0 Å². The predicted octanol–water partition coefficient (Wildman–Crippen LogP) is 2.56. The first-order valence-corrected chi connectivity index (χ1v) is 7.02. The Balaban J connectivity index is 1.75. The van der Waals surface area contributed by atoms with Crippen molar-refractivity contribution in [3.05, 3.63) is 54.1 Å². The van der Waals surface area contributed by atoms with E-state index < -0.39 is 0 Å². The maximum atomic E-state index is 12.0. The molecule has 3 aromatic heterocycles. The van der Waals surface area contributed by atoms with Gasteiger partial charge in [0.2, 0.25) is 5.13 Å². The summed E-state index contributed by atoms with van der Waals surface area (Å²) in [4.78, 5) is 20.1. The summed E-state index contributed by atoms with van der Waals surface area (Å²) in [6.45, 7) is 1.87. The lowest BCUT2D eigenvalue weighted by Gasteiger charge is -2.00. The summed E-state index contributed by atoms with van der Waals surface area (Å²) < 4.78 is 0. The Labute approximate surface area is 124 Å². The highest BCUT2D eigenvalue weighted by molar-refractivity contribution is 7.18. The molecule has 0 unspecified atom stereocenters. The summed E-state index contributed by atoms with van der Waals surface area (Å²) in [6.07, 6.45) is 4.91. The van der Waals surface area contributed by atoms with Crippen LogP contribution in [0.15, 0.2) is 42.9 Å². The fraction of sp³-hybridized carbons (Fsp3) is 0.0714. The highest BCUT2D eigenvalue weighted by atomic mass is 32.1. The molecule has 0 bridgehead atoms. The number of amides is 1. The van der Waals surface area contributed by atoms with Gasteiger partial charge in [0.05, 0.1) is 5.56 Å². The van der Waals surface area contributed by atoms with Gasteiger partial charge in [-0.15, -0.1) is 10.2 Å². The molecule has 0 aliphatic rings. The van der Waals surface area contributed by atoms with Gasteiger partial charge in [-0.3, -0.25) is 20.1 Å². The molecule has 1 N–H and O–H groups in total. The molecule has 0 spiro atoms. The molecule has 7 heteroatoms. The molecule has 3 aromatic rings. The van der Waals surface area contributed by atoms with Crippen LogP contribution in [0.1, 0.15) is 16.1 Å². The lowest BCUT2D eigenvalue weighted by Crippen LogP contribution is -2.12. The molecule has 0 saturated heterocycles. The fourth-order valence-electron chi connectivity index (χ4n) is 1.66. The van der Waals surface area contributed by atoms with Gasteiger partial charge in [0.1, 0.15) is 5.01 Å². The first-order valence-electron chi connectivity index (χ1n) is 6.20. The van der Waals surface area contributed by atoms with Crippen molar-refractivity contribution in [3.8, 4) is 10.6 Å². The standard InChI is InChI=1S/C14H11N5OS/c1-9-2-3-11(8-16-9)12(20)17-14-19-18-13(21-14)10-4-6-15-7-5-10/h2-8H,1H3,(H,17,19,20). The Morgan fingerprint density at radius 1 is 1.14 bits per heavy atom. The highest BCUT2D eigenvalue weighted by Gasteiger charge is 2.11. The second-order valence-corrected chi connectivity index (χ2v) is 5.27. The third-order valence-corrected chi connectivity index (χ3v) is 3.63. The molecule has 0 saturated carbocycles. The third kappa shape index (κ3) is 3.09. The first kappa shape index (κ1) is 13.3. The van der Waals surface area contributed by atoms with E-state index in [1.807, 2.05) is 19.1 Å². The first-order chi connectivity index (χ1) is 10.2. The lowest BCUT2D eigenvalue weighted by molar-refractivity contribution is 0.102. The monoisotopic (exact) mass is 297 g/mol. The second kappa shape index (κ2) is 5.76.